The van der Waals surface area contributed by atoms with Crippen molar-refractivity contribution in [2.75, 3.05) is 6.61 Å². The first-order chi connectivity index (χ1) is 13.3. The second-order valence-electron chi connectivity index (χ2n) is 5.91. The van der Waals surface area contributed by atoms with Crippen molar-refractivity contribution >= 4 is 29.3 Å². The Balaban J connectivity index is 2.02. The van der Waals surface area contributed by atoms with Crippen LogP contribution in [0.1, 0.15) is 25.6 Å². The van der Waals surface area contributed by atoms with Gasteiger partial charge in [-0.15, -0.1) is 0 Å². The topological polar surface area (TPSA) is 124 Å². The van der Waals surface area contributed by atoms with Crippen LogP contribution in [0, 0.1) is 10.1 Å². The van der Waals surface area contributed by atoms with Gasteiger partial charge in [-0.25, -0.2) is 9.59 Å². The number of ether oxygens (including phenoxy) is 1. The van der Waals surface area contributed by atoms with Crippen molar-refractivity contribution in [1.82, 2.24) is 10.6 Å². The summed E-state index contributed by atoms with van der Waals surface area (Å²) in [4.78, 5) is 34.7. The van der Waals surface area contributed by atoms with Gasteiger partial charge >= 0.3 is 12.0 Å². The summed E-state index contributed by atoms with van der Waals surface area (Å²) in [6.45, 7) is 3.43. The van der Waals surface area contributed by atoms with Gasteiger partial charge in [0.1, 0.15) is 17.6 Å². The quantitative estimate of drug-likeness (QED) is 0.444. The molecule has 1 aromatic carbocycles. The molecule has 28 heavy (non-hydrogen) atoms. The number of halogens is 1. The lowest BCUT2D eigenvalue weighted by molar-refractivity contribution is -0.384. The van der Waals surface area contributed by atoms with Gasteiger partial charge < -0.3 is 19.8 Å². The molecule has 1 atom stereocenters. The molecule has 146 valence electrons. The number of carbonyl (C=O) groups excluding carboxylic acids is 2. The van der Waals surface area contributed by atoms with Crippen LogP contribution in [0.4, 0.5) is 10.5 Å². The molecule has 9 nitrogen and oxygen atoms in total. The van der Waals surface area contributed by atoms with Crippen LogP contribution in [0.25, 0.3) is 11.3 Å². The molecule has 2 heterocycles. The van der Waals surface area contributed by atoms with Crippen LogP contribution in [-0.2, 0) is 9.53 Å². The van der Waals surface area contributed by atoms with Crippen LogP contribution in [-0.4, -0.2) is 23.5 Å². The Hall–Kier alpha value is -3.33. The van der Waals surface area contributed by atoms with E-state index in [0.717, 1.165) is 0 Å². The number of allylic oxidation sites excluding steroid dienone is 1. The van der Waals surface area contributed by atoms with Crippen molar-refractivity contribution in [3.05, 3.63) is 62.5 Å². The maximum atomic E-state index is 12.3. The average molecular weight is 406 g/mol. The summed E-state index contributed by atoms with van der Waals surface area (Å²) >= 11 is 6.15. The maximum Gasteiger partial charge on any atom is 0.338 e. The Kier molecular flexibility index (Phi) is 5.36. The van der Waals surface area contributed by atoms with Gasteiger partial charge in [0.2, 0.25) is 0 Å². The van der Waals surface area contributed by atoms with E-state index in [4.69, 9.17) is 20.8 Å². The number of furan rings is 1. The zero-order valence-corrected chi connectivity index (χ0v) is 15.7. The summed E-state index contributed by atoms with van der Waals surface area (Å²) in [7, 11) is 0. The Morgan fingerprint density at radius 3 is 2.79 bits per heavy atom. The molecule has 2 amide bonds. The van der Waals surface area contributed by atoms with Gasteiger partial charge in [0.25, 0.3) is 5.69 Å². The lowest BCUT2D eigenvalue weighted by Gasteiger charge is -2.26. The van der Waals surface area contributed by atoms with E-state index >= 15 is 0 Å². The predicted molar refractivity (Wildman–Crippen MR) is 99.5 cm³/mol. The number of hydrogen-bond acceptors (Lipinski definition) is 6. The normalized spacial score (nSPS) is 16.4. The highest BCUT2D eigenvalue weighted by Crippen LogP contribution is 2.36. The van der Waals surface area contributed by atoms with E-state index < -0.39 is 23.0 Å². The number of esters is 1. The van der Waals surface area contributed by atoms with Crippen LogP contribution in [0.5, 0.6) is 0 Å². The van der Waals surface area contributed by atoms with Gasteiger partial charge in [0.05, 0.1) is 22.1 Å². The molecular weight excluding hydrogens is 390 g/mol. The van der Waals surface area contributed by atoms with Crippen molar-refractivity contribution in [2.24, 2.45) is 0 Å². The highest BCUT2D eigenvalue weighted by molar-refractivity contribution is 6.33. The number of nitro groups is 1. The number of carbonyl (C=O) groups is 2. The molecular formula is C18H16ClN3O6. The van der Waals surface area contributed by atoms with Crippen molar-refractivity contribution in [3.8, 4) is 11.3 Å². The number of benzene rings is 1. The van der Waals surface area contributed by atoms with E-state index in [1.807, 2.05) is 0 Å². The lowest BCUT2D eigenvalue weighted by Crippen LogP contribution is -2.45. The molecule has 1 aliphatic rings. The van der Waals surface area contributed by atoms with Crippen LogP contribution in [0.2, 0.25) is 5.02 Å². The summed E-state index contributed by atoms with van der Waals surface area (Å²) in [6.07, 6.45) is 0. The second kappa shape index (κ2) is 7.73. The van der Waals surface area contributed by atoms with Crippen LogP contribution < -0.4 is 10.6 Å². The molecule has 0 saturated carbocycles. The Morgan fingerprint density at radius 1 is 1.36 bits per heavy atom. The Morgan fingerprint density at radius 2 is 2.11 bits per heavy atom. The molecule has 0 fully saturated rings. The fraction of sp³-hybridized carbons (Fsp3) is 0.222. The number of rotatable bonds is 5. The summed E-state index contributed by atoms with van der Waals surface area (Å²) in [5, 5.41) is 16.4. The van der Waals surface area contributed by atoms with Crippen molar-refractivity contribution in [2.45, 2.75) is 19.9 Å². The minimum atomic E-state index is -0.876. The number of non-ortho nitro benzene ring substituents is 1. The van der Waals surface area contributed by atoms with Crippen LogP contribution in [0.3, 0.4) is 0 Å². The first kappa shape index (κ1) is 19.4. The van der Waals surface area contributed by atoms with Gasteiger partial charge in [0.15, 0.2) is 0 Å². The zero-order chi connectivity index (χ0) is 20.4. The summed E-state index contributed by atoms with van der Waals surface area (Å²) < 4.78 is 10.9. The number of nitrogens with zero attached hydrogens (tertiary/aromatic N) is 1. The molecule has 10 heteroatoms. The average Bonchev–Trinajstić information content (AvgIpc) is 3.11. The van der Waals surface area contributed by atoms with E-state index in [0.29, 0.717) is 11.3 Å². The van der Waals surface area contributed by atoms with E-state index in [-0.39, 0.29) is 34.4 Å². The first-order valence-corrected chi connectivity index (χ1v) is 8.69. The monoisotopic (exact) mass is 405 g/mol. The fourth-order valence-corrected chi connectivity index (χ4v) is 3.07. The first-order valence-electron chi connectivity index (χ1n) is 8.31. The maximum absolute atomic E-state index is 12.3. The summed E-state index contributed by atoms with van der Waals surface area (Å²) in [5.74, 6) is -0.0731. The molecule has 1 aliphatic heterocycles. The predicted octanol–water partition coefficient (Wildman–Crippen LogP) is 3.70. The second-order valence-corrected chi connectivity index (χ2v) is 6.32. The molecule has 0 unspecified atom stereocenters. The third-order valence-electron chi connectivity index (χ3n) is 4.10. The number of urea groups is 1. The number of nitrogens with one attached hydrogen (secondary N) is 2. The highest BCUT2D eigenvalue weighted by atomic mass is 35.5. The standard InChI is InChI=1S/C18H16ClN3O6/c1-3-27-17(23)15-9(2)20-18(24)21-16(15)14-7-6-13(28-14)11-8-10(22(25)26)4-5-12(11)19/h4-8,16H,3H2,1-2H3,(H2,20,21,24)/t16-/m1/s1. The van der Waals surface area contributed by atoms with E-state index in [1.54, 1.807) is 26.0 Å². The van der Waals surface area contributed by atoms with Gasteiger partial charge in [0, 0.05) is 23.4 Å². The molecule has 2 N–H and O–H groups in total. The fourth-order valence-electron chi connectivity index (χ4n) is 2.86. The third kappa shape index (κ3) is 3.70. The minimum Gasteiger partial charge on any atom is -0.463 e. The van der Waals surface area contributed by atoms with E-state index in [2.05, 4.69) is 10.6 Å². The van der Waals surface area contributed by atoms with Crippen LogP contribution >= 0.6 is 11.6 Å². The molecule has 2 aromatic rings. The van der Waals surface area contributed by atoms with Gasteiger partial charge in [-0.1, -0.05) is 11.6 Å². The molecule has 0 aliphatic carbocycles. The largest absolute Gasteiger partial charge is 0.463 e. The van der Waals surface area contributed by atoms with E-state index in [1.165, 1.54) is 18.2 Å². The zero-order valence-electron chi connectivity index (χ0n) is 14.9. The summed E-state index contributed by atoms with van der Waals surface area (Å²) in [5.41, 5.74) is 0.724. The minimum absolute atomic E-state index is 0.143. The Bertz CT molecular complexity index is 997. The molecule has 3 rings (SSSR count). The lowest BCUT2D eigenvalue weighted by atomic mass is 10.0. The van der Waals surface area contributed by atoms with Crippen molar-refractivity contribution in [3.63, 3.8) is 0 Å². The molecule has 0 spiro atoms. The molecule has 1 aromatic heterocycles. The van der Waals surface area contributed by atoms with Crippen molar-refractivity contribution in [1.29, 1.82) is 0 Å². The number of amides is 2. The van der Waals surface area contributed by atoms with Crippen LogP contribution in [0.15, 0.2) is 46.0 Å². The Labute approximate surface area is 164 Å². The molecule has 0 radical (unpaired) electrons. The molecule has 0 saturated heterocycles. The number of nitro benzene ring substituents is 1. The molecule has 0 bridgehead atoms. The third-order valence-corrected chi connectivity index (χ3v) is 4.43. The number of hydrogen-bond donors (Lipinski definition) is 2. The van der Waals surface area contributed by atoms with Gasteiger partial charge in [-0.3, -0.25) is 10.1 Å². The van der Waals surface area contributed by atoms with Gasteiger partial charge in [-0.05, 0) is 32.0 Å². The van der Waals surface area contributed by atoms with E-state index in [9.17, 15) is 19.7 Å². The van der Waals surface area contributed by atoms with Gasteiger partial charge in [-0.2, -0.15) is 0 Å². The van der Waals surface area contributed by atoms with Crippen molar-refractivity contribution < 1.29 is 23.7 Å². The SMILES string of the molecule is CCOC(=O)C1=C(C)NC(=O)N[C@@H]1c1ccc(-c2cc([N+](=O)[O-])ccc2Cl)o1. The highest BCUT2D eigenvalue weighted by Gasteiger charge is 2.34. The smallest absolute Gasteiger partial charge is 0.338 e. The summed E-state index contributed by atoms with van der Waals surface area (Å²) in [6, 6.07) is 5.73.